The van der Waals surface area contributed by atoms with Crippen LogP contribution in [0.2, 0.25) is 0 Å². The molecule has 0 bridgehead atoms. The molecule has 0 atom stereocenters. The minimum absolute atomic E-state index is 0.347. The predicted molar refractivity (Wildman–Crippen MR) is 68.0 cm³/mol. The summed E-state index contributed by atoms with van der Waals surface area (Å²) in [5, 5.41) is 0. The van der Waals surface area contributed by atoms with Gasteiger partial charge in [0.2, 0.25) is 6.08 Å². The van der Waals surface area contributed by atoms with Crippen LogP contribution in [0.15, 0.2) is 4.99 Å². The van der Waals surface area contributed by atoms with Crippen molar-refractivity contribution in [3.8, 4) is 11.5 Å². The zero-order valence-electron chi connectivity index (χ0n) is 11.5. The van der Waals surface area contributed by atoms with Gasteiger partial charge in [0.15, 0.2) is 11.5 Å². The average molecular weight is 265 g/mol. The number of carbonyl (C=O) groups excluding carboxylic acids is 1. The molecule has 102 valence electrons. The van der Waals surface area contributed by atoms with Gasteiger partial charge in [0.25, 0.3) is 0 Å². The molecule has 0 heterocycles. The van der Waals surface area contributed by atoms with Crippen molar-refractivity contribution < 1.29 is 18.7 Å². The van der Waals surface area contributed by atoms with Crippen LogP contribution in [0.3, 0.4) is 0 Å². The topological polar surface area (TPSA) is 47.9 Å². The molecule has 0 spiro atoms. The van der Waals surface area contributed by atoms with E-state index in [0.717, 1.165) is 0 Å². The van der Waals surface area contributed by atoms with Crippen molar-refractivity contribution >= 4 is 6.08 Å². The van der Waals surface area contributed by atoms with Crippen molar-refractivity contribution in [1.29, 1.82) is 0 Å². The van der Waals surface area contributed by atoms with Crippen LogP contribution in [-0.2, 0) is 10.3 Å². The van der Waals surface area contributed by atoms with Crippen molar-refractivity contribution in [1.82, 2.24) is 0 Å². The SMILES string of the molecule is COc1c(C)c(F)c(C)c(C2(N=C=O)CC2)c1OC. The molecule has 1 aliphatic rings. The van der Waals surface area contributed by atoms with E-state index in [4.69, 9.17) is 9.47 Å². The summed E-state index contributed by atoms with van der Waals surface area (Å²) < 4.78 is 24.9. The number of rotatable bonds is 4. The Morgan fingerprint density at radius 1 is 1.16 bits per heavy atom. The van der Waals surface area contributed by atoms with E-state index in [1.165, 1.54) is 14.2 Å². The van der Waals surface area contributed by atoms with Crippen molar-refractivity contribution in [2.24, 2.45) is 4.99 Å². The van der Waals surface area contributed by atoms with Gasteiger partial charge in [-0.2, -0.15) is 4.99 Å². The van der Waals surface area contributed by atoms with Crippen LogP contribution in [0.4, 0.5) is 4.39 Å². The van der Waals surface area contributed by atoms with Crippen LogP contribution >= 0.6 is 0 Å². The molecule has 0 aromatic heterocycles. The summed E-state index contributed by atoms with van der Waals surface area (Å²) in [6.45, 7) is 3.30. The molecule has 1 saturated carbocycles. The summed E-state index contributed by atoms with van der Waals surface area (Å²) >= 11 is 0. The monoisotopic (exact) mass is 265 g/mol. The number of nitrogens with zero attached hydrogens (tertiary/aromatic N) is 1. The van der Waals surface area contributed by atoms with E-state index < -0.39 is 5.54 Å². The molecule has 0 aliphatic heterocycles. The number of ether oxygens (including phenoxy) is 2. The number of benzene rings is 1. The van der Waals surface area contributed by atoms with Crippen LogP contribution in [0.1, 0.15) is 29.5 Å². The second kappa shape index (κ2) is 4.67. The number of hydrogen-bond acceptors (Lipinski definition) is 4. The Hall–Kier alpha value is -1.87. The molecule has 1 aromatic rings. The van der Waals surface area contributed by atoms with Gasteiger partial charge >= 0.3 is 0 Å². The number of isocyanates is 1. The van der Waals surface area contributed by atoms with Crippen LogP contribution in [-0.4, -0.2) is 20.3 Å². The molecule has 19 heavy (non-hydrogen) atoms. The molecule has 0 radical (unpaired) electrons. The summed E-state index contributed by atoms with van der Waals surface area (Å²) in [6.07, 6.45) is 2.95. The van der Waals surface area contributed by atoms with Gasteiger partial charge in [-0.3, -0.25) is 0 Å². The van der Waals surface area contributed by atoms with Crippen molar-refractivity contribution in [2.75, 3.05) is 14.2 Å². The number of halogens is 1. The van der Waals surface area contributed by atoms with Crippen LogP contribution in [0.5, 0.6) is 11.5 Å². The van der Waals surface area contributed by atoms with Gasteiger partial charge in [-0.1, -0.05) is 0 Å². The molecule has 2 rings (SSSR count). The van der Waals surface area contributed by atoms with E-state index in [1.807, 2.05) is 0 Å². The zero-order chi connectivity index (χ0) is 14.2. The summed E-state index contributed by atoms with van der Waals surface area (Å²) in [5.74, 6) is 0.461. The molecular formula is C14H16FNO3. The van der Waals surface area contributed by atoms with E-state index >= 15 is 0 Å². The Labute approximate surface area is 111 Å². The third-order valence-electron chi connectivity index (χ3n) is 3.66. The molecule has 1 aromatic carbocycles. The van der Waals surface area contributed by atoms with Crippen LogP contribution in [0, 0.1) is 19.7 Å². The number of aliphatic imine (C=N–C) groups is 1. The molecule has 1 fully saturated rings. The Balaban J connectivity index is 2.79. The standard InChI is InChI=1S/C14H16FNO3/c1-8-10(14(5-6-14)16-7-17)13(19-4)12(18-3)9(2)11(8)15/h5-6H2,1-4H3. The summed E-state index contributed by atoms with van der Waals surface area (Å²) in [5.41, 5.74) is 0.746. The van der Waals surface area contributed by atoms with Gasteiger partial charge < -0.3 is 9.47 Å². The van der Waals surface area contributed by atoms with Gasteiger partial charge in [0.1, 0.15) is 11.4 Å². The smallest absolute Gasteiger partial charge is 0.235 e. The molecular weight excluding hydrogens is 249 g/mol. The molecule has 5 heteroatoms. The lowest BCUT2D eigenvalue weighted by atomic mass is 9.94. The Kier molecular flexibility index (Phi) is 3.33. The van der Waals surface area contributed by atoms with Crippen molar-refractivity contribution in [2.45, 2.75) is 32.2 Å². The fraction of sp³-hybridized carbons (Fsp3) is 0.500. The fourth-order valence-electron chi connectivity index (χ4n) is 2.57. The molecule has 0 N–H and O–H groups in total. The van der Waals surface area contributed by atoms with E-state index in [9.17, 15) is 9.18 Å². The lowest BCUT2D eigenvalue weighted by Gasteiger charge is -2.21. The Morgan fingerprint density at radius 3 is 2.16 bits per heavy atom. The number of methoxy groups -OCH3 is 2. The minimum Gasteiger partial charge on any atom is -0.492 e. The highest BCUT2D eigenvalue weighted by Crippen LogP contribution is 2.56. The van der Waals surface area contributed by atoms with Crippen molar-refractivity contribution in [3.05, 3.63) is 22.5 Å². The lowest BCUT2D eigenvalue weighted by Crippen LogP contribution is -2.12. The van der Waals surface area contributed by atoms with E-state index in [2.05, 4.69) is 4.99 Å². The van der Waals surface area contributed by atoms with E-state index in [0.29, 0.717) is 41.0 Å². The highest BCUT2D eigenvalue weighted by molar-refractivity contribution is 5.60. The lowest BCUT2D eigenvalue weighted by molar-refractivity contribution is 0.342. The second-order valence-corrected chi connectivity index (χ2v) is 4.74. The molecule has 0 unspecified atom stereocenters. The average Bonchev–Trinajstić information content (AvgIpc) is 3.16. The normalized spacial score (nSPS) is 15.6. The summed E-state index contributed by atoms with van der Waals surface area (Å²) in [6, 6.07) is 0. The summed E-state index contributed by atoms with van der Waals surface area (Å²) in [4.78, 5) is 14.4. The van der Waals surface area contributed by atoms with Gasteiger partial charge in [0.05, 0.1) is 14.2 Å². The number of hydrogen-bond donors (Lipinski definition) is 0. The molecule has 4 nitrogen and oxygen atoms in total. The maximum Gasteiger partial charge on any atom is 0.235 e. The third kappa shape index (κ3) is 1.90. The zero-order valence-corrected chi connectivity index (χ0v) is 11.5. The van der Waals surface area contributed by atoms with Gasteiger partial charge in [-0.05, 0) is 32.3 Å². The van der Waals surface area contributed by atoms with Gasteiger partial charge in [-0.25, -0.2) is 9.18 Å². The summed E-state index contributed by atoms with van der Waals surface area (Å²) in [7, 11) is 2.96. The van der Waals surface area contributed by atoms with Gasteiger partial charge in [0, 0.05) is 11.1 Å². The van der Waals surface area contributed by atoms with Crippen LogP contribution < -0.4 is 9.47 Å². The first-order valence-corrected chi connectivity index (χ1v) is 6.02. The second-order valence-electron chi connectivity index (χ2n) is 4.74. The Morgan fingerprint density at radius 2 is 1.74 bits per heavy atom. The van der Waals surface area contributed by atoms with Crippen LogP contribution in [0.25, 0.3) is 0 Å². The van der Waals surface area contributed by atoms with Crippen molar-refractivity contribution in [3.63, 3.8) is 0 Å². The first kappa shape index (κ1) is 13.6. The molecule has 0 saturated heterocycles. The maximum absolute atomic E-state index is 14.3. The largest absolute Gasteiger partial charge is 0.492 e. The fourth-order valence-corrected chi connectivity index (χ4v) is 2.57. The van der Waals surface area contributed by atoms with E-state index in [-0.39, 0.29) is 5.82 Å². The maximum atomic E-state index is 14.3. The van der Waals surface area contributed by atoms with Gasteiger partial charge in [-0.15, -0.1) is 0 Å². The molecule has 1 aliphatic carbocycles. The first-order chi connectivity index (χ1) is 9.02. The minimum atomic E-state index is -0.695. The van der Waals surface area contributed by atoms with E-state index in [1.54, 1.807) is 19.9 Å². The highest BCUT2D eigenvalue weighted by atomic mass is 19.1. The molecule has 0 amide bonds. The highest BCUT2D eigenvalue weighted by Gasteiger charge is 2.49. The Bertz CT molecular complexity index is 573. The predicted octanol–water partition coefficient (Wildman–Crippen LogP) is 2.78. The quantitative estimate of drug-likeness (QED) is 0.621. The first-order valence-electron chi connectivity index (χ1n) is 6.02. The third-order valence-corrected chi connectivity index (χ3v) is 3.66.